The number of nitrogens with zero attached hydrogens (tertiary/aromatic N) is 6. The van der Waals surface area contributed by atoms with E-state index in [9.17, 15) is 20.0 Å². The van der Waals surface area contributed by atoms with E-state index < -0.39 is 6.35 Å². The number of hydrogen-bond donors (Lipinski definition) is 3. The maximum Gasteiger partial charge on any atom is 0.237 e. The van der Waals surface area contributed by atoms with Gasteiger partial charge in [-0.2, -0.15) is 5.26 Å². The number of nitrogens with one attached hydrogen (secondary N) is 2. The molecular formula is C26H34N8O4. The fraction of sp³-hybridized carbons (Fsp3) is 0.500. The van der Waals surface area contributed by atoms with E-state index in [1.54, 1.807) is 35.1 Å². The summed E-state index contributed by atoms with van der Waals surface area (Å²) in [5, 5.41) is 26.8. The van der Waals surface area contributed by atoms with Gasteiger partial charge in [0.25, 0.3) is 0 Å². The second kappa shape index (κ2) is 12.6. The van der Waals surface area contributed by atoms with Gasteiger partial charge in [-0.3, -0.25) is 14.5 Å². The quantitative estimate of drug-likeness (QED) is 0.257. The van der Waals surface area contributed by atoms with Crippen LogP contribution in [0.2, 0.25) is 0 Å². The van der Waals surface area contributed by atoms with Crippen molar-refractivity contribution >= 4 is 29.5 Å². The molecule has 0 radical (unpaired) electrons. The number of hydrogen-bond acceptors (Lipinski definition) is 11. The van der Waals surface area contributed by atoms with Crippen LogP contribution >= 0.6 is 0 Å². The van der Waals surface area contributed by atoms with Crippen molar-refractivity contribution < 1.29 is 19.4 Å². The lowest BCUT2D eigenvalue weighted by molar-refractivity contribution is -0.136. The maximum atomic E-state index is 12.4. The lowest BCUT2D eigenvalue weighted by Gasteiger charge is -2.33. The minimum atomic E-state index is -1.25. The van der Waals surface area contributed by atoms with Gasteiger partial charge in [0.2, 0.25) is 12.3 Å². The van der Waals surface area contributed by atoms with E-state index in [1.165, 1.54) is 19.0 Å². The summed E-state index contributed by atoms with van der Waals surface area (Å²) >= 11 is 0. The number of aromatic nitrogens is 2. The number of aliphatic hydroxyl groups excluding tert-OH is 1. The van der Waals surface area contributed by atoms with Gasteiger partial charge in [-0.25, -0.2) is 9.97 Å². The summed E-state index contributed by atoms with van der Waals surface area (Å²) in [4.78, 5) is 38.3. The summed E-state index contributed by atoms with van der Waals surface area (Å²) < 4.78 is 5.22. The number of piperazine rings is 1. The van der Waals surface area contributed by atoms with E-state index in [0.717, 1.165) is 13.1 Å². The van der Waals surface area contributed by atoms with Crippen LogP contribution in [0, 0.1) is 17.2 Å². The molecule has 3 heterocycles. The van der Waals surface area contributed by atoms with Crippen molar-refractivity contribution in [3.63, 3.8) is 0 Å². The minimum absolute atomic E-state index is 0.00178. The molecule has 1 saturated carbocycles. The molecule has 4 rings (SSSR count). The Balaban J connectivity index is 1.51. The summed E-state index contributed by atoms with van der Waals surface area (Å²) in [5.74, 6) is 1.36. The van der Waals surface area contributed by atoms with Gasteiger partial charge in [0.15, 0.2) is 6.29 Å². The highest BCUT2D eigenvalue weighted by Crippen LogP contribution is 2.30. The molecule has 1 unspecified atom stereocenters. The number of aldehydes is 1. The van der Waals surface area contributed by atoms with Gasteiger partial charge >= 0.3 is 0 Å². The number of aliphatic hydroxyl groups is 1. The molecule has 2 fully saturated rings. The zero-order chi connectivity index (χ0) is 27.1. The number of amides is 1. The molecule has 0 spiro atoms. The molecule has 38 heavy (non-hydrogen) atoms. The van der Waals surface area contributed by atoms with Crippen LogP contribution in [-0.2, 0) is 16.1 Å². The molecule has 12 nitrogen and oxygen atoms in total. The number of likely N-dealkylation sites (N-methyl/N-ethyl adjacent to an activating group) is 1. The lowest BCUT2D eigenvalue weighted by atomic mass is 10.1. The van der Waals surface area contributed by atoms with Crippen molar-refractivity contribution in [2.75, 3.05) is 69.0 Å². The first-order chi connectivity index (χ1) is 18.4. The Morgan fingerprint density at radius 1 is 1.37 bits per heavy atom. The fourth-order valence-electron chi connectivity index (χ4n) is 4.20. The number of rotatable bonds is 13. The van der Waals surface area contributed by atoms with Gasteiger partial charge in [0.05, 0.1) is 24.4 Å². The molecule has 1 amide bonds. The first kappa shape index (κ1) is 27.3. The first-order valence-corrected chi connectivity index (χ1v) is 12.7. The Morgan fingerprint density at radius 3 is 2.87 bits per heavy atom. The number of methoxy groups -OCH3 is 1. The molecule has 2 aromatic heterocycles. The van der Waals surface area contributed by atoms with E-state index in [0.29, 0.717) is 66.9 Å². The lowest BCUT2D eigenvalue weighted by Crippen LogP contribution is -2.48. The summed E-state index contributed by atoms with van der Waals surface area (Å²) in [5.41, 5.74) is 1.91. The van der Waals surface area contributed by atoms with Crippen LogP contribution in [0.4, 0.5) is 17.3 Å². The number of carbonyl (C=O) groups is 2. The number of carbonyl (C=O) groups excluding carboxylic acids is 2. The topological polar surface area (TPSA) is 147 Å². The number of ether oxygens (including phenoxy) is 1. The SMILES string of the molecule is COCCN(c1ccc(CN2CCN(C)CC2=O)c(C=O)n1)C(O)Nc1cc(NCC2CC2)c(C#N)cn1. The highest BCUT2D eigenvalue weighted by Gasteiger charge is 2.25. The average Bonchev–Trinajstić information content (AvgIpc) is 3.74. The third-order valence-corrected chi connectivity index (χ3v) is 6.69. The summed E-state index contributed by atoms with van der Waals surface area (Å²) in [6.45, 7) is 3.32. The molecule has 1 aliphatic carbocycles. The minimum Gasteiger partial charge on any atom is -0.384 e. The van der Waals surface area contributed by atoms with Gasteiger partial charge < -0.3 is 30.3 Å². The van der Waals surface area contributed by atoms with Crippen molar-refractivity contribution in [1.82, 2.24) is 19.8 Å². The number of pyridine rings is 2. The summed E-state index contributed by atoms with van der Waals surface area (Å²) in [7, 11) is 3.45. The summed E-state index contributed by atoms with van der Waals surface area (Å²) in [6.07, 6.45) is 3.23. The molecule has 12 heteroatoms. The van der Waals surface area contributed by atoms with E-state index in [-0.39, 0.29) is 18.1 Å². The van der Waals surface area contributed by atoms with Crippen molar-refractivity contribution in [1.29, 1.82) is 5.26 Å². The molecule has 0 aromatic carbocycles. The molecule has 0 bridgehead atoms. The van der Waals surface area contributed by atoms with E-state index >= 15 is 0 Å². The van der Waals surface area contributed by atoms with Crippen LogP contribution in [0.5, 0.6) is 0 Å². The predicted molar refractivity (Wildman–Crippen MR) is 142 cm³/mol. The maximum absolute atomic E-state index is 12.4. The van der Waals surface area contributed by atoms with Crippen molar-refractivity contribution in [3.8, 4) is 6.07 Å². The van der Waals surface area contributed by atoms with Gasteiger partial charge in [-0.15, -0.1) is 0 Å². The monoisotopic (exact) mass is 522 g/mol. The second-order valence-corrected chi connectivity index (χ2v) is 9.64. The van der Waals surface area contributed by atoms with Gasteiger partial charge in [-0.1, -0.05) is 6.07 Å². The van der Waals surface area contributed by atoms with Crippen LogP contribution in [0.15, 0.2) is 24.4 Å². The van der Waals surface area contributed by atoms with Crippen molar-refractivity contribution in [2.45, 2.75) is 25.7 Å². The molecule has 2 aliphatic rings. The van der Waals surface area contributed by atoms with Crippen LogP contribution in [0.25, 0.3) is 0 Å². The van der Waals surface area contributed by atoms with Crippen molar-refractivity contribution in [2.24, 2.45) is 5.92 Å². The van der Waals surface area contributed by atoms with Gasteiger partial charge in [0, 0.05) is 57.7 Å². The van der Waals surface area contributed by atoms with Crippen LogP contribution in [-0.4, -0.2) is 96.9 Å². The molecule has 1 aliphatic heterocycles. The third kappa shape index (κ3) is 6.95. The second-order valence-electron chi connectivity index (χ2n) is 9.64. The Morgan fingerprint density at radius 2 is 2.18 bits per heavy atom. The highest BCUT2D eigenvalue weighted by atomic mass is 16.5. The highest BCUT2D eigenvalue weighted by molar-refractivity contribution is 5.80. The van der Waals surface area contributed by atoms with Gasteiger partial charge in [0.1, 0.15) is 23.4 Å². The van der Waals surface area contributed by atoms with Crippen molar-refractivity contribution in [3.05, 3.63) is 41.2 Å². The van der Waals surface area contributed by atoms with E-state index in [2.05, 4.69) is 26.7 Å². The molecule has 202 valence electrons. The van der Waals surface area contributed by atoms with Crippen LogP contribution in [0.1, 0.15) is 34.5 Å². The van der Waals surface area contributed by atoms with Crippen LogP contribution in [0.3, 0.4) is 0 Å². The molecule has 3 N–H and O–H groups in total. The molecule has 1 saturated heterocycles. The number of anilines is 3. The third-order valence-electron chi connectivity index (χ3n) is 6.69. The zero-order valence-corrected chi connectivity index (χ0v) is 21.8. The standard InChI is InChI=1S/C26H34N8O4/c1-32-7-8-33(25(36)16-32)15-19-5-6-24(30-22(19)17-35)34(9-10-38-2)26(37)31-23-11-21(20(12-27)14-29-23)28-13-18-3-4-18/h5-6,11,14,17-18,26,37H,3-4,7-10,13,15-16H2,1-2H3,(H2,28,29,31). The molecule has 1 atom stereocenters. The Kier molecular flexibility index (Phi) is 9.06. The summed E-state index contributed by atoms with van der Waals surface area (Å²) in [6, 6.07) is 7.29. The largest absolute Gasteiger partial charge is 0.384 e. The number of nitriles is 1. The smallest absolute Gasteiger partial charge is 0.237 e. The Hall–Kier alpha value is -3.79. The zero-order valence-electron chi connectivity index (χ0n) is 21.8. The van der Waals surface area contributed by atoms with E-state index in [4.69, 9.17) is 4.74 Å². The normalized spacial score (nSPS) is 16.6. The van der Waals surface area contributed by atoms with E-state index in [1.807, 2.05) is 11.9 Å². The Labute approximate surface area is 222 Å². The average molecular weight is 523 g/mol. The van der Waals surface area contributed by atoms with Crippen LogP contribution < -0.4 is 15.5 Å². The van der Waals surface area contributed by atoms with Gasteiger partial charge in [-0.05, 0) is 31.9 Å². The Bertz CT molecular complexity index is 1180. The molecule has 2 aromatic rings. The fourth-order valence-corrected chi connectivity index (χ4v) is 4.20. The first-order valence-electron chi connectivity index (χ1n) is 12.7. The molecular weight excluding hydrogens is 488 g/mol. The predicted octanol–water partition coefficient (Wildman–Crippen LogP) is 1.10.